The van der Waals surface area contributed by atoms with Gasteiger partial charge >= 0.3 is 0 Å². The van der Waals surface area contributed by atoms with Crippen molar-refractivity contribution < 1.29 is 13.9 Å². The summed E-state index contributed by atoms with van der Waals surface area (Å²) >= 11 is 6.16. The SMILES string of the molecule is Nc1cccc(Oc2ccc(CC(=O)c3cn(C4CC4)cc(-c4ccc(F)cc4)c3=O)nc2)c1Cl. The van der Waals surface area contributed by atoms with Crippen molar-refractivity contribution in [3.8, 4) is 22.6 Å². The molecule has 1 fully saturated rings. The number of hydrogen-bond donors (Lipinski definition) is 1. The van der Waals surface area contributed by atoms with E-state index in [-0.39, 0.29) is 35.1 Å². The Morgan fingerprint density at radius 2 is 1.89 bits per heavy atom. The quantitative estimate of drug-likeness (QED) is 0.260. The molecule has 8 heteroatoms. The van der Waals surface area contributed by atoms with Crippen molar-refractivity contribution in [2.24, 2.45) is 0 Å². The first kappa shape index (κ1) is 22.8. The Balaban J connectivity index is 1.39. The molecule has 0 atom stereocenters. The number of Topliss-reactive ketones (excluding diaryl/α,β-unsaturated/α-hetero) is 1. The number of benzene rings is 2. The Hall–Kier alpha value is -3.97. The standard InChI is InChI=1S/C27H21ClFN3O3/c28-26-23(30)2-1-3-25(26)35-20-11-8-18(31-13-20)12-24(33)22-15-32(19-9-10-19)14-21(27(22)34)16-4-6-17(29)7-5-16/h1-8,11,13-15,19H,9-10,12,30H2. The number of ether oxygens (including phenoxy) is 1. The predicted molar refractivity (Wildman–Crippen MR) is 133 cm³/mol. The van der Waals surface area contributed by atoms with Crippen LogP contribution < -0.4 is 15.9 Å². The second kappa shape index (κ2) is 9.35. The zero-order chi connectivity index (χ0) is 24.5. The summed E-state index contributed by atoms with van der Waals surface area (Å²) in [7, 11) is 0. The van der Waals surface area contributed by atoms with Crippen LogP contribution in [0.15, 0.2) is 78.0 Å². The normalized spacial score (nSPS) is 13.0. The third kappa shape index (κ3) is 4.95. The van der Waals surface area contributed by atoms with Gasteiger partial charge < -0.3 is 15.0 Å². The van der Waals surface area contributed by atoms with Crippen molar-refractivity contribution in [2.45, 2.75) is 25.3 Å². The molecule has 176 valence electrons. The topological polar surface area (TPSA) is 87.2 Å². The summed E-state index contributed by atoms with van der Waals surface area (Å²) < 4.78 is 21.0. The molecule has 2 heterocycles. The Morgan fingerprint density at radius 1 is 1.11 bits per heavy atom. The van der Waals surface area contributed by atoms with E-state index in [1.807, 2.05) is 4.57 Å². The summed E-state index contributed by atoms with van der Waals surface area (Å²) in [6.45, 7) is 0. The Labute approximate surface area is 205 Å². The van der Waals surface area contributed by atoms with Crippen LogP contribution in [0.4, 0.5) is 10.1 Å². The van der Waals surface area contributed by atoms with E-state index in [2.05, 4.69) is 4.98 Å². The summed E-state index contributed by atoms with van der Waals surface area (Å²) in [6, 6.07) is 14.4. The summed E-state index contributed by atoms with van der Waals surface area (Å²) in [6.07, 6.45) is 6.77. The molecule has 2 aromatic heterocycles. The van der Waals surface area contributed by atoms with E-state index in [1.54, 1.807) is 54.9 Å². The molecular weight excluding hydrogens is 469 g/mol. The number of carbonyl (C=O) groups excluding carboxylic acids is 1. The maximum absolute atomic E-state index is 13.4. The van der Waals surface area contributed by atoms with Crippen molar-refractivity contribution in [1.29, 1.82) is 0 Å². The average molecular weight is 490 g/mol. The van der Waals surface area contributed by atoms with Crippen molar-refractivity contribution in [3.05, 3.63) is 106 Å². The maximum Gasteiger partial charge on any atom is 0.200 e. The molecule has 0 saturated heterocycles. The Kier molecular flexibility index (Phi) is 6.09. The zero-order valence-electron chi connectivity index (χ0n) is 18.6. The van der Waals surface area contributed by atoms with Gasteiger partial charge in [-0.2, -0.15) is 0 Å². The average Bonchev–Trinajstić information content (AvgIpc) is 3.70. The minimum absolute atomic E-state index is 0.0495. The Morgan fingerprint density at radius 3 is 2.57 bits per heavy atom. The summed E-state index contributed by atoms with van der Waals surface area (Å²) in [5.74, 6) is 0.104. The number of halogens is 2. The van der Waals surface area contributed by atoms with E-state index < -0.39 is 0 Å². The first-order valence-corrected chi connectivity index (χ1v) is 11.5. The van der Waals surface area contributed by atoms with E-state index >= 15 is 0 Å². The van der Waals surface area contributed by atoms with E-state index in [9.17, 15) is 14.0 Å². The van der Waals surface area contributed by atoms with Crippen LogP contribution >= 0.6 is 11.6 Å². The molecule has 35 heavy (non-hydrogen) atoms. The maximum atomic E-state index is 13.4. The molecule has 6 nitrogen and oxygen atoms in total. The molecule has 2 N–H and O–H groups in total. The van der Waals surface area contributed by atoms with Gasteiger partial charge in [-0.05, 0) is 54.8 Å². The largest absolute Gasteiger partial charge is 0.454 e. The molecule has 1 aliphatic carbocycles. The number of nitrogens with two attached hydrogens (primary N) is 1. The van der Waals surface area contributed by atoms with Crippen LogP contribution in [0, 0.1) is 5.82 Å². The van der Waals surface area contributed by atoms with Crippen LogP contribution in [0.5, 0.6) is 11.5 Å². The highest BCUT2D eigenvalue weighted by molar-refractivity contribution is 6.34. The number of anilines is 1. The summed E-state index contributed by atoms with van der Waals surface area (Å²) in [4.78, 5) is 30.7. The van der Waals surface area contributed by atoms with Gasteiger partial charge in [0.2, 0.25) is 0 Å². The fourth-order valence-electron chi connectivity index (χ4n) is 3.78. The number of hydrogen-bond acceptors (Lipinski definition) is 5. The van der Waals surface area contributed by atoms with Gasteiger partial charge in [0.05, 0.1) is 23.9 Å². The molecule has 5 rings (SSSR count). The van der Waals surface area contributed by atoms with Gasteiger partial charge in [0.15, 0.2) is 11.2 Å². The minimum atomic E-state index is -0.389. The third-order valence-corrected chi connectivity index (χ3v) is 6.23. The minimum Gasteiger partial charge on any atom is -0.454 e. The lowest BCUT2D eigenvalue weighted by molar-refractivity contribution is 0.0990. The third-order valence-electron chi connectivity index (χ3n) is 5.83. The first-order chi connectivity index (χ1) is 16.9. The van der Waals surface area contributed by atoms with Crippen LogP contribution in [-0.2, 0) is 6.42 Å². The number of nitrogen functional groups attached to an aromatic ring is 1. The highest BCUT2D eigenvalue weighted by Gasteiger charge is 2.26. The molecule has 0 aliphatic heterocycles. The van der Waals surface area contributed by atoms with Gasteiger partial charge in [0.25, 0.3) is 0 Å². The molecule has 1 aliphatic rings. The molecule has 2 aromatic carbocycles. The van der Waals surface area contributed by atoms with Crippen molar-refractivity contribution in [1.82, 2.24) is 9.55 Å². The fraction of sp³-hybridized carbons (Fsp3) is 0.148. The second-order valence-electron chi connectivity index (χ2n) is 8.45. The smallest absolute Gasteiger partial charge is 0.200 e. The Bertz CT molecular complexity index is 1460. The number of carbonyl (C=O) groups is 1. The number of rotatable bonds is 7. The van der Waals surface area contributed by atoms with E-state index in [0.29, 0.717) is 39.0 Å². The van der Waals surface area contributed by atoms with Gasteiger partial charge in [-0.25, -0.2) is 4.39 Å². The number of pyridine rings is 2. The predicted octanol–water partition coefficient (Wildman–Crippen LogP) is 5.84. The number of nitrogens with zero attached hydrogens (tertiary/aromatic N) is 2. The van der Waals surface area contributed by atoms with Crippen LogP contribution in [0.1, 0.15) is 34.9 Å². The number of ketones is 1. The van der Waals surface area contributed by atoms with Gasteiger partial charge in [-0.1, -0.05) is 29.8 Å². The van der Waals surface area contributed by atoms with Gasteiger partial charge in [0.1, 0.15) is 22.3 Å². The molecule has 0 spiro atoms. The van der Waals surface area contributed by atoms with Gasteiger partial charge in [0, 0.05) is 29.7 Å². The molecule has 4 aromatic rings. The van der Waals surface area contributed by atoms with E-state index in [1.165, 1.54) is 18.3 Å². The monoisotopic (exact) mass is 489 g/mol. The van der Waals surface area contributed by atoms with Gasteiger partial charge in [-0.3, -0.25) is 14.6 Å². The van der Waals surface area contributed by atoms with E-state index in [0.717, 1.165) is 12.8 Å². The fourth-order valence-corrected chi connectivity index (χ4v) is 3.95. The number of aromatic nitrogens is 2. The lowest BCUT2D eigenvalue weighted by atomic mass is 10.0. The van der Waals surface area contributed by atoms with Crippen LogP contribution in [0.25, 0.3) is 11.1 Å². The van der Waals surface area contributed by atoms with Gasteiger partial charge in [-0.15, -0.1) is 0 Å². The molecule has 1 saturated carbocycles. The highest BCUT2D eigenvalue weighted by atomic mass is 35.5. The van der Waals surface area contributed by atoms with E-state index in [4.69, 9.17) is 22.1 Å². The summed E-state index contributed by atoms with van der Waals surface area (Å²) in [5.41, 5.74) is 7.35. The van der Waals surface area contributed by atoms with Crippen molar-refractivity contribution >= 4 is 23.1 Å². The molecule has 0 radical (unpaired) electrons. The highest BCUT2D eigenvalue weighted by Crippen LogP contribution is 2.36. The molecular formula is C27H21ClFN3O3. The second-order valence-corrected chi connectivity index (χ2v) is 8.82. The van der Waals surface area contributed by atoms with Crippen LogP contribution in [0.2, 0.25) is 5.02 Å². The molecule has 0 unspecified atom stereocenters. The van der Waals surface area contributed by atoms with Crippen LogP contribution in [-0.4, -0.2) is 15.3 Å². The lowest BCUT2D eigenvalue weighted by Crippen LogP contribution is -2.21. The lowest BCUT2D eigenvalue weighted by Gasteiger charge is -2.12. The van der Waals surface area contributed by atoms with Crippen molar-refractivity contribution in [3.63, 3.8) is 0 Å². The van der Waals surface area contributed by atoms with Crippen molar-refractivity contribution in [2.75, 3.05) is 5.73 Å². The summed E-state index contributed by atoms with van der Waals surface area (Å²) in [5, 5.41) is 0.305. The molecule has 0 bridgehead atoms. The zero-order valence-corrected chi connectivity index (χ0v) is 19.3. The van der Waals surface area contributed by atoms with Crippen LogP contribution in [0.3, 0.4) is 0 Å². The molecule has 0 amide bonds. The first-order valence-electron chi connectivity index (χ1n) is 11.1.